The van der Waals surface area contributed by atoms with Gasteiger partial charge in [0.1, 0.15) is 5.82 Å². The van der Waals surface area contributed by atoms with Gasteiger partial charge in [0.05, 0.1) is 5.60 Å². The number of hydrogen-bond donors (Lipinski definition) is 1. The molecule has 1 aromatic heterocycles. The molecule has 0 bridgehead atoms. The second kappa shape index (κ2) is 11.8. The van der Waals surface area contributed by atoms with Gasteiger partial charge in [0.2, 0.25) is 0 Å². The number of rotatable bonds is 7. The number of aliphatic carboxylic acids is 1. The Morgan fingerprint density at radius 3 is 2.31 bits per heavy atom. The normalized spacial score (nSPS) is 14.5. The third kappa shape index (κ3) is 6.30. The van der Waals surface area contributed by atoms with Gasteiger partial charge in [-0.25, -0.2) is 9.18 Å². The van der Waals surface area contributed by atoms with E-state index in [0.717, 1.165) is 53.0 Å². The molecule has 1 atom stereocenters. The molecule has 0 fully saturated rings. The number of aromatic nitrogens is 1. The van der Waals surface area contributed by atoms with Gasteiger partial charge in [-0.3, -0.25) is 9.88 Å². The number of carbonyl (C=O) groups is 1. The molecule has 6 heteroatoms. The highest BCUT2D eigenvalue weighted by atomic mass is 19.1. The first-order chi connectivity index (χ1) is 19.9. The lowest BCUT2D eigenvalue weighted by atomic mass is 9.85. The molecule has 42 heavy (non-hydrogen) atoms. The fourth-order valence-corrected chi connectivity index (χ4v) is 5.91. The number of carboxylic acids is 1. The molecule has 0 unspecified atom stereocenters. The molecule has 0 aliphatic carbocycles. The maximum Gasteiger partial charge on any atom is 0.337 e. The summed E-state index contributed by atoms with van der Waals surface area (Å²) in [5.74, 6) is -1.21. The minimum absolute atomic E-state index is 0.171. The van der Waals surface area contributed by atoms with Crippen molar-refractivity contribution in [2.75, 3.05) is 6.54 Å². The van der Waals surface area contributed by atoms with E-state index in [1.165, 1.54) is 17.2 Å². The van der Waals surface area contributed by atoms with E-state index >= 15 is 0 Å². The van der Waals surface area contributed by atoms with E-state index in [9.17, 15) is 14.3 Å². The van der Waals surface area contributed by atoms with Crippen LogP contribution in [0.25, 0.3) is 22.3 Å². The Labute approximate surface area is 248 Å². The van der Waals surface area contributed by atoms with Crippen LogP contribution in [0.1, 0.15) is 66.1 Å². The second-order valence-corrected chi connectivity index (χ2v) is 12.3. The zero-order valence-corrected chi connectivity index (χ0v) is 25.3. The van der Waals surface area contributed by atoms with Crippen LogP contribution in [0, 0.1) is 26.6 Å². The number of nitrogens with zero attached hydrogens (tertiary/aromatic N) is 2. The summed E-state index contributed by atoms with van der Waals surface area (Å²) in [5, 5.41) is 10.4. The predicted octanol–water partition coefficient (Wildman–Crippen LogP) is 7.98. The quantitative estimate of drug-likeness (QED) is 0.246. The highest BCUT2D eigenvalue weighted by Gasteiger charge is 2.33. The monoisotopic (exact) mass is 566 g/mol. The van der Waals surface area contributed by atoms with Crippen molar-refractivity contribution in [1.29, 1.82) is 0 Å². The molecule has 0 radical (unpaired) electrons. The van der Waals surface area contributed by atoms with Crippen molar-refractivity contribution in [3.8, 4) is 22.3 Å². The first-order valence-corrected chi connectivity index (χ1v) is 14.5. The van der Waals surface area contributed by atoms with E-state index in [2.05, 4.69) is 23.1 Å². The topological polar surface area (TPSA) is 62.7 Å². The summed E-state index contributed by atoms with van der Waals surface area (Å²) in [6.45, 7) is 13.6. The number of ether oxygens (including phenoxy) is 1. The van der Waals surface area contributed by atoms with Crippen molar-refractivity contribution in [3.63, 3.8) is 0 Å². The molecule has 0 saturated heterocycles. The Morgan fingerprint density at radius 2 is 1.64 bits per heavy atom. The largest absolute Gasteiger partial charge is 0.479 e. The zero-order chi connectivity index (χ0) is 30.2. The molecule has 218 valence electrons. The molecule has 4 aromatic rings. The Morgan fingerprint density at radius 1 is 0.952 bits per heavy atom. The summed E-state index contributed by atoms with van der Waals surface area (Å²) in [5.41, 5.74) is 9.36. The van der Waals surface area contributed by atoms with Crippen LogP contribution in [0.15, 0.2) is 66.7 Å². The van der Waals surface area contributed by atoms with Gasteiger partial charge in [-0.1, -0.05) is 66.2 Å². The fourth-order valence-electron chi connectivity index (χ4n) is 5.91. The van der Waals surface area contributed by atoms with Gasteiger partial charge >= 0.3 is 5.97 Å². The van der Waals surface area contributed by atoms with E-state index in [1.807, 2.05) is 77.9 Å². The van der Waals surface area contributed by atoms with Gasteiger partial charge in [0.15, 0.2) is 6.10 Å². The highest BCUT2D eigenvalue weighted by Crippen LogP contribution is 2.43. The Kier molecular flexibility index (Phi) is 8.31. The summed E-state index contributed by atoms with van der Waals surface area (Å²) < 4.78 is 20.5. The van der Waals surface area contributed by atoms with Crippen molar-refractivity contribution in [1.82, 2.24) is 9.88 Å². The molecule has 3 aromatic carbocycles. The third-order valence-electron chi connectivity index (χ3n) is 7.84. The molecule has 2 heterocycles. The zero-order valence-electron chi connectivity index (χ0n) is 25.3. The van der Waals surface area contributed by atoms with Gasteiger partial charge in [0.25, 0.3) is 0 Å². The van der Waals surface area contributed by atoms with Crippen molar-refractivity contribution in [2.24, 2.45) is 0 Å². The van der Waals surface area contributed by atoms with Gasteiger partial charge in [0, 0.05) is 47.7 Å². The number of aryl methyl sites for hydroxylation is 3. The van der Waals surface area contributed by atoms with E-state index in [4.69, 9.17) is 9.72 Å². The molecular weight excluding hydrogens is 527 g/mol. The molecule has 5 rings (SSSR count). The van der Waals surface area contributed by atoms with Crippen molar-refractivity contribution < 1.29 is 19.0 Å². The maximum absolute atomic E-state index is 14.3. The maximum atomic E-state index is 14.3. The van der Waals surface area contributed by atoms with E-state index in [1.54, 1.807) is 6.07 Å². The summed E-state index contributed by atoms with van der Waals surface area (Å²) in [4.78, 5) is 19.8. The van der Waals surface area contributed by atoms with Gasteiger partial charge in [-0.2, -0.15) is 0 Å². The first kappa shape index (κ1) is 29.6. The van der Waals surface area contributed by atoms with E-state index in [-0.39, 0.29) is 5.82 Å². The van der Waals surface area contributed by atoms with Crippen LogP contribution in [-0.2, 0) is 29.0 Å². The third-order valence-corrected chi connectivity index (χ3v) is 7.84. The van der Waals surface area contributed by atoms with Gasteiger partial charge in [-0.15, -0.1) is 0 Å². The van der Waals surface area contributed by atoms with Crippen LogP contribution in [0.2, 0.25) is 0 Å². The van der Waals surface area contributed by atoms with E-state index < -0.39 is 17.7 Å². The van der Waals surface area contributed by atoms with Crippen LogP contribution in [0.5, 0.6) is 0 Å². The minimum atomic E-state index is -1.18. The Balaban J connectivity index is 1.61. The van der Waals surface area contributed by atoms with Gasteiger partial charge < -0.3 is 9.84 Å². The SMILES string of the molecule is Cc1ccc(-c2c(-c3ccc4c(c3)CCN(Cc3ccccc3F)C4)c(C)nc(C)c2[C@H](OC(C)(C)C)C(=O)O)cc1. The Bertz CT molecular complexity index is 1620. The summed E-state index contributed by atoms with van der Waals surface area (Å²) in [6.07, 6.45) is -0.342. The van der Waals surface area contributed by atoms with Crippen LogP contribution >= 0.6 is 0 Å². The minimum Gasteiger partial charge on any atom is -0.479 e. The van der Waals surface area contributed by atoms with Crippen LogP contribution in [0.4, 0.5) is 4.39 Å². The van der Waals surface area contributed by atoms with Crippen LogP contribution in [0.3, 0.4) is 0 Å². The summed E-state index contributed by atoms with van der Waals surface area (Å²) >= 11 is 0. The number of halogens is 1. The number of benzene rings is 3. The predicted molar refractivity (Wildman–Crippen MR) is 165 cm³/mol. The second-order valence-electron chi connectivity index (χ2n) is 12.3. The van der Waals surface area contributed by atoms with Crippen molar-refractivity contribution in [2.45, 2.75) is 72.8 Å². The average Bonchev–Trinajstić information content (AvgIpc) is 2.92. The molecule has 0 amide bonds. The van der Waals surface area contributed by atoms with Crippen LogP contribution in [-0.4, -0.2) is 33.1 Å². The first-order valence-electron chi connectivity index (χ1n) is 14.5. The van der Waals surface area contributed by atoms with Gasteiger partial charge in [-0.05, 0) is 81.8 Å². The lowest BCUT2D eigenvalue weighted by molar-refractivity contribution is -0.160. The molecule has 0 spiro atoms. The van der Waals surface area contributed by atoms with Crippen molar-refractivity contribution >= 4 is 5.97 Å². The molecular formula is C36H39FN2O3. The molecule has 1 aliphatic rings. The number of pyridine rings is 1. The van der Waals surface area contributed by atoms with E-state index in [0.29, 0.717) is 23.4 Å². The average molecular weight is 567 g/mol. The smallest absolute Gasteiger partial charge is 0.337 e. The van der Waals surface area contributed by atoms with Crippen LogP contribution < -0.4 is 0 Å². The molecule has 1 N–H and O–H groups in total. The summed E-state index contributed by atoms with van der Waals surface area (Å²) in [7, 11) is 0. The lowest BCUT2D eigenvalue weighted by Gasteiger charge is -2.30. The molecule has 0 saturated carbocycles. The number of carboxylic acid groups (broad SMARTS) is 1. The lowest BCUT2D eigenvalue weighted by Crippen LogP contribution is -2.30. The van der Waals surface area contributed by atoms with Crippen molar-refractivity contribution in [3.05, 3.63) is 112 Å². The molecule has 1 aliphatic heterocycles. The highest BCUT2D eigenvalue weighted by molar-refractivity contribution is 5.91. The fraction of sp³-hybridized carbons (Fsp3) is 0.333. The summed E-state index contributed by atoms with van der Waals surface area (Å²) in [6, 6.07) is 21.6. The number of hydrogen-bond acceptors (Lipinski definition) is 4. The standard InChI is InChI=1S/C36H39FN2O3/c1-22-11-13-25(14-12-22)33-31(23(2)38-24(3)32(33)34(35(40)41)42-36(4,5)6)27-15-16-28-20-39(18-17-26(28)19-27)21-29-9-7-8-10-30(29)37/h7-16,19,34H,17-18,20-21H2,1-6H3,(H,40,41)/t34-/m0/s1. The number of fused-ring (bicyclic) bond motifs is 1. The molecule has 5 nitrogen and oxygen atoms in total. The Hall–Kier alpha value is -3.87.